The lowest BCUT2D eigenvalue weighted by Gasteiger charge is -2.32. The van der Waals surface area contributed by atoms with Crippen LogP contribution in [0.3, 0.4) is 0 Å². The monoisotopic (exact) mass is 288 g/mol. The maximum absolute atomic E-state index is 12.2. The second-order valence-corrected chi connectivity index (χ2v) is 6.55. The lowest BCUT2D eigenvalue weighted by molar-refractivity contribution is -0.129. The molecule has 0 N–H and O–H groups in total. The molecular formula is C19H28O2. The smallest absolute Gasteiger partial charge is 0.135 e. The lowest BCUT2D eigenvalue weighted by Crippen LogP contribution is -2.32. The number of hydrogen-bond donors (Lipinski definition) is 0. The molecule has 0 saturated carbocycles. The van der Waals surface area contributed by atoms with Crippen LogP contribution in [0.4, 0.5) is 0 Å². The van der Waals surface area contributed by atoms with Crippen molar-refractivity contribution in [1.82, 2.24) is 0 Å². The molecule has 1 aromatic carbocycles. The van der Waals surface area contributed by atoms with Crippen LogP contribution in [-0.2, 0) is 9.59 Å². The Balaban J connectivity index is 2.90. The van der Waals surface area contributed by atoms with Gasteiger partial charge in [-0.25, -0.2) is 0 Å². The summed E-state index contributed by atoms with van der Waals surface area (Å²) in [6.07, 6.45) is 2.25. The first-order valence-electron chi connectivity index (χ1n) is 7.86. The van der Waals surface area contributed by atoms with E-state index in [0.717, 1.165) is 12.8 Å². The van der Waals surface area contributed by atoms with Crippen molar-refractivity contribution in [1.29, 1.82) is 0 Å². The fourth-order valence-electron chi connectivity index (χ4n) is 3.07. The quantitative estimate of drug-likeness (QED) is 0.689. The Kier molecular flexibility index (Phi) is 6.32. The topological polar surface area (TPSA) is 34.1 Å². The zero-order chi connectivity index (χ0) is 16.0. The second kappa shape index (κ2) is 7.53. The SMILES string of the molecule is CCC(CC(C)(CC(C)c1ccccc1)C(C)=O)C(C)=O. The molecule has 0 heterocycles. The molecule has 116 valence electrons. The maximum atomic E-state index is 12.2. The fourth-order valence-corrected chi connectivity index (χ4v) is 3.07. The standard InChI is InChI=1S/C19H28O2/c1-6-17(15(3)20)13-19(5,16(4)21)12-14(2)18-10-8-7-9-11-18/h7-11,14,17H,6,12-13H2,1-5H3. The summed E-state index contributed by atoms with van der Waals surface area (Å²) in [5.74, 6) is 0.675. The Morgan fingerprint density at radius 2 is 1.67 bits per heavy atom. The molecule has 0 bridgehead atoms. The first kappa shape index (κ1) is 17.6. The van der Waals surface area contributed by atoms with E-state index in [1.54, 1.807) is 13.8 Å². The number of carbonyl (C=O) groups excluding carboxylic acids is 2. The van der Waals surface area contributed by atoms with Crippen LogP contribution < -0.4 is 0 Å². The predicted molar refractivity (Wildman–Crippen MR) is 87.3 cm³/mol. The Morgan fingerprint density at radius 3 is 2.10 bits per heavy atom. The third kappa shape index (κ3) is 4.80. The van der Waals surface area contributed by atoms with Crippen LogP contribution >= 0.6 is 0 Å². The van der Waals surface area contributed by atoms with Gasteiger partial charge in [-0.3, -0.25) is 9.59 Å². The summed E-state index contributed by atoms with van der Waals surface area (Å²) in [5, 5.41) is 0. The van der Waals surface area contributed by atoms with Crippen LogP contribution in [0.1, 0.15) is 65.4 Å². The molecule has 0 radical (unpaired) electrons. The zero-order valence-electron chi connectivity index (χ0n) is 14.0. The van der Waals surface area contributed by atoms with Crippen LogP contribution in [0.15, 0.2) is 30.3 Å². The largest absolute Gasteiger partial charge is 0.300 e. The molecule has 0 saturated heterocycles. The highest BCUT2D eigenvalue weighted by atomic mass is 16.1. The van der Waals surface area contributed by atoms with E-state index in [1.165, 1.54) is 5.56 Å². The van der Waals surface area contributed by atoms with E-state index in [1.807, 2.05) is 32.0 Å². The summed E-state index contributed by atoms with van der Waals surface area (Å²) in [6.45, 7) is 9.48. The first-order valence-corrected chi connectivity index (χ1v) is 7.86. The lowest BCUT2D eigenvalue weighted by atomic mass is 9.70. The van der Waals surface area contributed by atoms with Gasteiger partial charge in [0.25, 0.3) is 0 Å². The zero-order valence-corrected chi connectivity index (χ0v) is 14.0. The molecule has 3 atom stereocenters. The summed E-state index contributed by atoms with van der Waals surface area (Å²) < 4.78 is 0. The van der Waals surface area contributed by atoms with Gasteiger partial charge >= 0.3 is 0 Å². The van der Waals surface area contributed by atoms with Gasteiger partial charge < -0.3 is 0 Å². The summed E-state index contributed by atoms with van der Waals surface area (Å²) >= 11 is 0. The molecule has 2 nitrogen and oxygen atoms in total. The van der Waals surface area contributed by atoms with E-state index < -0.39 is 5.41 Å². The van der Waals surface area contributed by atoms with Gasteiger partial charge in [-0.05, 0) is 44.6 Å². The van der Waals surface area contributed by atoms with E-state index in [-0.39, 0.29) is 17.5 Å². The van der Waals surface area contributed by atoms with Crippen molar-refractivity contribution in [3.05, 3.63) is 35.9 Å². The average molecular weight is 288 g/mol. The van der Waals surface area contributed by atoms with Crippen molar-refractivity contribution in [3.63, 3.8) is 0 Å². The minimum Gasteiger partial charge on any atom is -0.300 e. The number of rotatable bonds is 8. The summed E-state index contributed by atoms with van der Waals surface area (Å²) in [7, 11) is 0. The summed E-state index contributed by atoms with van der Waals surface area (Å²) in [5.41, 5.74) is 0.822. The molecule has 3 unspecified atom stereocenters. The molecule has 0 aromatic heterocycles. The van der Waals surface area contributed by atoms with Gasteiger partial charge in [-0.15, -0.1) is 0 Å². The van der Waals surface area contributed by atoms with Crippen LogP contribution in [0.5, 0.6) is 0 Å². The molecule has 21 heavy (non-hydrogen) atoms. The molecule has 0 fully saturated rings. The third-order valence-corrected chi connectivity index (χ3v) is 4.74. The van der Waals surface area contributed by atoms with Crippen LogP contribution in [0.2, 0.25) is 0 Å². The molecule has 0 amide bonds. The van der Waals surface area contributed by atoms with Crippen molar-refractivity contribution in [2.24, 2.45) is 11.3 Å². The van der Waals surface area contributed by atoms with E-state index >= 15 is 0 Å². The summed E-state index contributed by atoms with van der Waals surface area (Å²) in [6, 6.07) is 10.3. The van der Waals surface area contributed by atoms with Crippen LogP contribution in [-0.4, -0.2) is 11.6 Å². The van der Waals surface area contributed by atoms with Gasteiger partial charge in [-0.2, -0.15) is 0 Å². The number of ketones is 2. The maximum Gasteiger partial charge on any atom is 0.135 e. The molecule has 1 rings (SSSR count). The van der Waals surface area contributed by atoms with E-state index in [2.05, 4.69) is 19.1 Å². The highest BCUT2D eigenvalue weighted by Gasteiger charge is 2.35. The van der Waals surface area contributed by atoms with Gasteiger partial charge in [-0.1, -0.05) is 51.1 Å². The molecule has 0 spiro atoms. The Bertz CT molecular complexity index is 478. The van der Waals surface area contributed by atoms with Crippen molar-refractivity contribution >= 4 is 11.6 Å². The Labute approximate surface area is 128 Å². The molecular weight excluding hydrogens is 260 g/mol. The molecule has 0 aliphatic heterocycles. The molecule has 0 aliphatic rings. The first-order chi connectivity index (χ1) is 9.80. The van der Waals surface area contributed by atoms with E-state index in [4.69, 9.17) is 0 Å². The van der Waals surface area contributed by atoms with Gasteiger partial charge in [0.1, 0.15) is 11.6 Å². The average Bonchev–Trinajstić information content (AvgIpc) is 2.45. The molecule has 0 aliphatic carbocycles. The van der Waals surface area contributed by atoms with Gasteiger partial charge in [0, 0.05) is 11.3 Å². The van der Waals surface area contributed by atoms with Crippen LogP contribution in [0.25, 0.3) is 0 Å². The molecule has 2 heteroatoms. The number of benzene rings is 1. The van der Waals surface area contributed by atoms with Crippen molar-refractivity contribution in [2.45, 2.75) is 59.8 Å². The van der Waals surface area contributed by atoms with E-state index in [0.29, 0.717) is 12.3 Å². The van der Waals surface area contributed by atoms with Crippen molar-refractivity contribution < 1.29 is 9.59 Å². The minimum atomic E-state index is -0.429. The highest BCUT2D eigenvalue weighted by molar-refractivity contribution is 5.84. The van der Waals surface area contributed by atoms with Crippen LogP contribution in [0, 0.1) is 11.3 Å². The number of Topliss-reactive ketones (excluding diaryl/α,β-unsaturated/α-hetero) is 2. The Hall–Kier alpha value is -1.44. The fraction of sp³-hybridized carbons (Fsp3) is 0.579. The Morgan fingerprint density at radius 1 is 1.10 bits per heavy atom. The normalized spacial score (nSPS) is 16.8. The molecule has 1 aromatic rings. The van der Waals surface area contributed by atoms with E-state index in [9.17, 15) is 9.59 Å². The van der Waals surface area contributed by atoms with Gasteiger partial charge in [0.15, 0.2) is 0 Å². The second-order valence-electron chi connectivity index (χ2n) is 6.55. The predicted octanol–water partition coefficient (Wildman–Crippen LogP) is 4.78. The van der Waals surface area contributed by atoms with Gasteiger partial charge in [0.05, 0.1) is 0 Å². The number of carbonyl (C=O) groups is 2. The van der Waals surface area contributed by atoms with Crippen molar-refractivity contribution in [3.8, 4) is 0 Å². The highest BCUT2D eigenvalue weighted by Crippen LogP contribution is 2.38. The van der Waals surface area contributed by atoms with Gasteiger partial charge in [0.2, 0.25) is 0 Å². The minimum absolute atomic E-state index is 0.0122. The summed E-state index contributed by atoms with van der Waals surface area (Å²) in [4.78, 5) is 23.9. The van der Waals surface area contributed by atoms with Crippen molar-refractivity contribution in [2.75, 3.05) is 0 Å². The third-order valence-electron chi connectivity index (χ3n) is 4.74. The number of hydrogen-bond acceptors (Lipinski definition) is 2.